The average molecular weight is 200 g/mol. The van der Waals surface area contributed by atoms with E-state index in [-0.39, 0.29) is 12.1 Å². The molecule has 0 spiro atoms. The van der Waals surface area contributed by atoms with Crippen LogP contribution in [0.1, 0.15) is 39.5 Å². The lowest BCUT2D eigenvalue weighted by molar-refractivity contribution is -0.137. The molecule has 1 atom stereocenters. The zero-order chi connectivity index (χ0) is 10.8. The molecule has 0 aromatic rings. The van der Waals surface area contributed by atoms with E-state index in [0.29, 0.717) is 6.61 Å². The van der Waals surface area contributed by atoms with Crippen LogP contribution in [0.2, 0.25) is 0 Å². The lowest BCUT2D eigenvalue weighted by Gasteiger charge is -2.04. The van der Waals surface area contributed by atoms with Gasteiger partial charge in [0.05, 0.1) is 12.7 Å². The Bertz CT molecular complexity index is 175. The van der Waals surface area contributed by atoms with Crippen molar-refractivity contribution in [2.75, 3.05) is 6.61 Å². The number of carbonyl (C=O) groups excluding carboxylic acids is 1. The Morgan fingerprint density at radius 3 is 2.79 bits per heavy atom. The second-order valence-corrected chi connectivity index (χ2v) is 3.15. The summed E-state index contributed by atoms with van der Waals surface area (Å²) in [7, 11) is 0. The van der Waals surface area contributed by atoms with Gasteiger partial charge in [-0.2, -0.15) is 0 Å². The van der Waals surface area contributed by atoms with Gasteiger partial charge in [-0.15, -0.1) is 0 Å². The molecular formula is C11H20O3. The summed E-state index contributed by atoms with van der Waals surface area (Å²) < 4.78 is 4.72. The smallest absolute Gasteiger partial charge is 0.330 e. The van der Waals surface area contributed by atoms with Crippen molar-refractivity contribution >= 4 is 5.97 Å². The summed E-state index contributed by atoms with van der Waals surface area (Å²) in [5.74, 6) is -0.288. The number of aliphatic hydroxyl groups is 1. The Morgan fingerprint density at radius 2 is 2.21 bits per heavy atom. The fraction of sp³-hybridized carbons (Fsp3) is 0.727. The van der Waals surface area contributed by atoms with Gasteiger partial charge in [0.2, 0.25) is 0 Å². The van der Waals surface area contributed by atoms with Gasteiger partial charge in [0, 0.05) is 6.08 Å². The molecule has 1 N–H and O–H groups in total. The van der Waals surface area contributed by atoms with Gasteiger partial charge in [-0.1, -0.05) is 13.0 Å². The topological polar surface area (TPSA) is 46.5 Å². The Labute approximate surface area is 85.8 Å². The van der Waals surface area contributed by atoms with Crippen LogP contribution in [0.3, 0.4) is 0 Å². The molecule has 0 aromatic carbocycles. The number of allylic oxidation sites excluding steroid dienone is 1. The summed E-state index contributed by atoms with van der Waals surface area (Å²) in [6.45, 7) is 4.15. The number of ether oxygens (including phenoxy) is 1. The monoisotopic (exact) mass is 200 g/mol. The maximum absolute atomic E-state index is 10.8. The molecule has 0 saturated carbocycles. The van der Waals surface area contributed by atoms with Crippen molar-refractivity contribution in [3.8, 4) is 0 Å². The van der Waals surface area contributed by atoms with Gasteiger partial charge >= 0.3 is 5.97 Å². The van der Waals surface area contributed by atoms with Crippen LogP contribution in [0.4, 0.5) is 0 Å². The first-order chi connectivity index (χ1) is 6.70. The Morgan fingerprint density at radius 1 is 1.50 bits per heavy atom. The van der Waals surface area contributed by atoms with Crippen LogP contribution in [0.25, 0.3) is 0 Å². The van der Waals surface area contributed by atoms with E-state index in [1.54, 1.807) is 13.0 Å². The van der Waals surface area contributed by atoms with Crippen LogP contribution in [-0.4, -0.2) is 23.8 Å². The minimum absolute atomic E-state index is 0.203. The molecule has 0 radical (unpaired) electrons. The molecule has 0 saturated heterocycles. The lowest BCUT2D eigenvalue weighted by Crippen LogP contribution is -2.03. The maximum atomic E-state index is 10.8. The van der Waals surface area contributed by atoms with Crippen LogP contribution in [0, 0.1) is 0 Å². The lowest BCUT2D eigenvalue weighted by atomic mass is 10.1. The number of unbranched alkanes of at least 4 members (excludes halogenated alkanes) is 1. The van der Waals surface area contributed by atoms with E-state index in [1.165, 1.54) is 6.08 Å². The summed E-state index contributed by atoms with van der Waals surface area (Å²) in [6, 6.07) is 0. The van der Waals surface area contributed by atoms with E-state index in [0.717, 1.165) is 25.7 Å². The molecule has 0 aliphatic carbocycles. The van der Waals surface area contributed by atoms with E-state index >= 15 is 0 Å². The predicted octanol–water partition coefficient (Wildman–Crippen LogP) is 2.05. The molecule has 1 unspecified atom stereocenters. The molecule has 0 aliphatic rings. The number of carbonyl (C=O) groups is 1. The van der Waals surface area contributed by atoms with Gasteiger partial charge in [0.25, 0.3) is 0 Å². The second-order valence-electron chi connectivity index (χ2n) is 3.15. The standard InChI is InChI=1S/C11H20O3/c1-3-10(12)8-6-5-7-9-11(13)14-4-2/h7,9-10,12H,3-6,8H2,1-2H3/b9-7+. The van der Waals surface area contributed by atoms with Gasteiger partial charge in [0.1, 0.15) is 0 Å². The zero-order valence-electron chi connectivity index (χ0n) is 9.03. The second kappa shape index (κ2) is 8.75. The highest BCUT2D eigenvalue weighted by atomic mass is 16.5. The third-order valence-electron chi connectivity index (χ3n) is 1.92. The van der Waals surface area contributed by atoms with Crippen molar-refractivity contribution in [1.82, 2.24) is 0 Å². The van der Waals surface area contributed by atoms with Gasteiger partial charge < -0.3 is 9.84 Å². The molecule has 0 aliphatic heterocycles. The van der Waals surface area contributed by atoms with Gasteiger partial charge in [-0.25, -0.2) is 4.79 Å². The highest BCUT2D eigenvalue weighted by Gasteiger charge is 1.98. The largest absolute Gasteiger partial charge is 0.463 e. The Hall–Kier alpha value is -0.830. The third kappa shape index (κ3) is 7.80. The van der Waals surface area contributed by atoms with Crippen molar-refractivity contribution in [1.29, 1.82) is 0 Å². The summed E-state index contributed by atoms with van der Waals surface area (Å²) >= 11 is 0. The van der Waals surface area contributed by atoms with E-state index in [1.807, 2.05) is 6.92 Å². The SMILES string of the molecule is CCOC(=O)/C=C/CCCC(O)CC. The van der Waals surface area contributed by atoms with Crippen LogP contribution >= 0.6 is 0 Å². The van der Waals surface area contributed by atoms with Crippen molar-refractivity contribution in [2.45, 2.75) is 45.6 Å². The van der Waals surface area contributed by atoms with Crippen LogP contribution < -0.4 is 0 Å². The molecular weight excluding hydrogens is 180 g/mol. The van der Waals surface area contributed by atoms with Crippen molar-refractivity contribution in [3.05, 3.63) is 12.2 Å². The van der Waals surface area contributed by atoms with Crippen LogP contribution in [0.15, 0.2) is 12.2 Å². The molecule has 3 nitrogen and oxygen atoms in total. The fourth-order valence-corrected chi connectivity index (χ4v) is 1.05. The first-order valence-electron chi connectivity index (χ1n) is 5.22. The molecule has 0 fully saturated rings. The minimum Gasteiger partial charge on any atom is -0.463 e. The summed E-state index contributed by atoms with van der Waals surface area (Å²) in [6.07, 6.45) is 6.35. The van der Waals surface area contributed by atoms with E-state index in [4.69, 9.17) is 4.74 Å². The molecule has 82 valence electrons. The zero-order valence-corrected chi connectivity index (χ0v) is 9.03. The van der Waals surface area contributed by atoms with Gasteiger partial charge in [-0.3, -0.25) is 0 Å². The minimum atomic E-state index is -0.288. The third-order valence-corrected chi connectivity index (χ3v) is 1.92. The Balaban J connectivity index is 3.39. The summed E-state index contributed by atoms with van der Waals surface area (Å²) in [4.78, 5) is 10.8. The first kappa shape index (κ1) is 13.2. The van der Waals surface area contributed by atoms with Crippen molar-refractivity contribution in [2.24, 2.45) is 0 Å². The molecule has 14 heavy (non-hydrogen) atoms. The van der Waals surface area contributed by atoms with E-state index < -0.39 is 0 Å². The summed E-state index contributed by atoms with van der Waals surface area (Å²) in [5, 5.41) is 9.23. The Kier molecular flexibility index (Phi) is 8.24. The number of rotatable bonds is 7. The molecule has 0 bridgehead atoms. The highest BCUT2D eigenvalue weighted by Crippen LogP contribution is 2.04. The summed E-state index contributed by atoms with van der Waals surface area (Å²) in [5.41, 5.74) is 0. The average Bonchev–Trinajstić information content (AvgIpc) is 2.17. The molecule has 0 heterocycles. The van der Waals surface area contributed by atoms with E-state index in [2.05, 4.69) is 0 Å². The quantitative estimate of drug-likeness (QED) is 0.388. The number of hydrogen-bond acceptors (Lipinski definition) is 3. The maximum Gasteiger partial charge on any atom is 0.330 e. The van der Waals surface area contributed by atoms with Gasteiger partial charge in [-0.05, 0) is 32.6 Å². The molecule has 0 aromatic heterocycles. The predicted molar refractivity (Wildman–Crippen MR) is 55.9 cm³/mol. The molecule has 3 heteroatoms. The van der Waals surface area contributed by atoms with Crippen LogP contribution in [0.5, 0.6) is 0 Å². The highest BCUT2D eigenvalue weighted by molar-refractivity contribution is 5.81. The number of aliphatic hydroxyl groups excluding tert-OH is 1. The molecule has 0 amide bonds. The molecule has 0 rings (SSSR count). The number of esters is 1. The first-order valence-corrected chi connectivity index (χ1v) is 5.22. The van der Waals surface area contributed by atoms with Crippen molar-refractivity contribution in [3.63, 3.8) is 0 Å². The van der Waals surface area contributed by atoms with Crippen LogP contribution in [-0.2, 0) is 9.53 Å². The fourth-order valence-electron chi connectivity index (χ4n) is 1.05. The number of hydrogen-bond donors (Lipinski definition) is 1. The normalized spacial score (nSPS) is 13.1. The van der Waals surface area contributed by atoms with Gasteiger partial charge in [0.15, 0.2) is 0 Å². The van der Waals surface area contributed by atoms with E-state index in [9.17, 15) is 9.90 Å². The van der Waals surface area contributed by atoms with Crippen molar-refractivity contribution < 1.29 is 14.6 Å².